The Bertz CT molecular complexity index is 178. The number of methoxy groups -OCH3 is 1. The van der Waals surface area contributed by atoms with Crippen molar-refractivity contribution in [2.75, 3.05) is 12.9 Å². The highest BCUT2D eigenvalue weighted by Gasteiger charge is 2.36. The molecule has 0 aromatic rings. The third-order valence-corrected chi connectivity index (χ3v) is 2.22. The van der Waals surface area contributed by atoms with E-state index in [2.05, 4.69) is 4.74 Å². The highest BCUT2D eigenvalue weighted by atomic mass is 32.2. The van der Waals surface area contributed by atoms with E-state index in [-0.39, 0.29) is 0 Å². The van der Waals surface area contributed by atoms with Crippen molar-refractivity contribution in [3.63, 3.8) is 0 Å². The molecule has 10 heavy (non-hydrogen) atoms. The van der Waals surface area contributed by atoms with Gasteiger partial charge in [-0.1, -0.05) is 0 Å². The predicted molar refractivity (Wildman–Crippen MR) is 38.6 cm³/mol. The maximum atomic E-state index is 10.8. The largest absolute Gasteiger partial charge is 0.467 e. The second-order valence-electron chi connectivity index (χ2n) is 2.03. The van der Waals surface area contributed by atoms with Crippen molar-refractivity contribution < 1.29 is 14.6 Å². The maximum Gasteiger partial charge on any atom is 0.342 e. The molecule has 0 fully saturated rings. The molecule has 0 radical (unpaired) electrons. The van der Waals surface area contributed by atoms with Crippen LogP contribution in [0.25, 0.3) is 0 Å². The lowest BCUT2D eigenvalue weighted by atomic mass is 10.1. The molecule has 0 saturated carbocycles. The van der Waals surface area contributed by atoms with E-state index in [4.69, 9.17) is 0 Å². The van der Waals surface area contributed by atoms with E-state index < -0.39 is 11.6 Å². The van der Waals surface area contributed by atoms with Gasteiger partial charge in [0.1, 0.15) is 0 Å². The summed E-state index contributed by atoms with van der Waals surface area (Å²) >= 11 is 1.39. The van der Waals surface area contributed by atoms with E-state index in [1.807, 2.05) is 0 Å². The minimum Gasteiger partial charge on any atom is -0.467 e. The lowest BCUT2D eigenvalue weighted by molar-refractivity contribution is -0.155. The smallest absolute Gasteiger partial charge is 0.342 e. The second kappa shape index (κ2) is 2.64. The van der Waals surface area contributed by atoms with Gasteiger partial charge >= 0.3 is 5.97 Å². The van der Waals surface area contributed by atoms with Crippen LogP contribution in [-0.4, -0.2) is 29.5 Å². The van der Waals surface area contributed by atoms with Gasteiger partial charge < -0.3 is 9.84 Å². The SMILES string of the molecule is COC(=O)C1(O)C=CSC1. The molecule has 1 atom stereocenters. The molecule has 0 aromatic carbocycles. The topological polar surface area (TPSA) is 46.5 Å². The van der Waals surface area contributed by atoms with Gasteiger partial charge in [-0.05, 0) is 11.5 Å². The van der Waals surface area contributed by atoms with Gasteiger partial charge in [-0.3, -0.25) is 0 Å². The Morgan fingerprint density at radius 3 is 3.00 bits per heavy atom. The molecule has 4 heteroatoms. The molecular weight excluding hydrogens is 152 g/mol. The summed E-state index contributed by atoms with van der Waals surface area (Å²) in [7, 11) is 1.26. The minimum absolute atomic E-state index is 0.361. The van der Waals surface area contributed by atoms with E-state index in [1.165, 1.54) is 24.9 Å². The van der Waals surface area contributed by atoms with Crippen LogP contribution in [0, 0.1) is 0 Å². The number of ether oxygens (including phenoxy) is 1. The zero-order chi connectivity index (χ0) is 7.61. The molecule has 0 saturated heterocycles. The van der Waals surface area contributed by atoms with Gasteiger partial charge in [-0.15, -0.1) is 11.8 Å². The van der Waals surface area contributed by atoms with E-state index in [9.17, 15) is 9.90 Å². The van der Waals surface area contributed by atoms with Crippen molar-refractivity contribution in [1.82, 2.24) is 0 Å². The Labute approximate surface area is 63.1 Å². The first-order valence-electron chi connectivity index (χ1n) is 2.79. The van der Waals surface area contributed by atoms with Gasteiger partial charge in [0.05, 0.1) is 7.11 Å². The van der Waals surface area contributed by atoms with Crippen molar-refractivity contribution in [1.29, 1.82) is 0 Å². The van der Waals surface area contributed by atoms with E-state index >= 15 is 0 Å². The molecule has 1 aliphatic heterocycles. The second-order valence-corrected chi connectivity index (χ2v) is 2.92. The lowest BCUT2D eigenvalue weighted by Crippen LogP contribution is -2.38. The zero-order valence-corrected chi connectivity index (χ0v) is 6.35. The van der Waals surface area contributed by atoms with Crippen LogP contribution in [0.15, 0.2) is 11.5 Å². The third kappa shape index (κ3) is 1.17. The number of thioether (sulfide) groups is 1. The summed E-state index contributed by atoms with van der Waals surface area (Å²) in [6, 6.07) is 0. The standard InChI is InChI=1S/C6H8O3S/c1-9-5(7)6(8)2-3-10-4-6/h2-3,8H,4H2,1H3. The van der Waals surface area contributed by atoms with Crippen molar-refractivity contribution in [2.24, 2.45) is 0 Å². The molecule has 1 aliphatic rings. The highest BCUT2D eigenvalue weighted by molar-refractivity contribution is 8.02. The summed E-state index contributed by atoms with van der Waals surface area (Å²) in [5.41, 5.74) is -1.38. The molecule has 1 N–H and O–H groups in total. The average Bonchev–Trinajstić information content (AvgIpc) is 2.36. The number of aliphatic hydroxyl groups is 1. The van der Waals surface area contributed by atoms with Crippen molar-refractivity contribution >= 4 is 17.7 Å². The van der Waals surface area contributed by atoms with E-state index in [1.54, 1.807) is 5.41 Å². The average molecular weight is 160 g/mol. The van der Waals surface area contributed by atoms with Crippen molar-refractivity contribution in [2.45, 2.75) is 5.60 Å². The number of esters is 1. The van der Waals surface area contributed by atoms with Crippen LogP contribution < -0.4 is 0 Å². The van der Waals surface area contributed by atoms with Gasteiger partial charge in [-0.2, -0.15) is 0 Å². The fourth-order valence-corrected chi connectivity index (χ4v) is 1.57. The Balaban J connectivity index is 2.68. The summed E-state index contributed by atoms with van der Waals surface area (Å²) in [5, 5.41) is 11.1. The van der Waals surface area contributed by atoms with Crippen molar-refractivity contribution in [3.8, 4) is 0 Å². The van der Waals surface area contributed by atoms with Crippen LogP contribution in [0.1, 0.15) is 0 Å². The van der Waals surface area contributed by atoms with Gasteiger partial charge in [0.25, 0.3) is 0 Å². The van der Waals surface area contributed by atoms with Crippen LogP contribution in [0.2, 0.25) is 0 Å². The van der Waals surface area contributed by atoms with Crippen LogP contribution in [0.3, 0.4) is 0 Å². The Hall–Kier alpha value is -0.480. The molecule has 56 valence electrons. The molecule has 0 aromatic heterocycles. The Morgan fingerprint density at radius 2 is 2.60 bits per heavy atom. The summed E-state index contributed by atoms with van der Waals surface area (Å²) in [6.07, 6.45) is 1.45. The van der Waals surface area contributed by atoms with Gasteiger partial charge in [-0.25, -0.2) is 4.79 Å². The maximum absolute atomic E-state index is 10.8. The van der Waals surface area contributed by atoms with Crippen LogP contribution in [-0.2, 0) is 9.53 Å². The van der Waals surface area contributed by atoms with Crippen LogP contribution >= 0.6 is 11.8 Å². The first-order chi connectivity index (χ1) is 4.69. The first kappa shape index (κ1) is 7.63. The molecular formula is C6H8O3S. The lowest BCUT2D eigenvalue weighted by Gasteiger charge is -2.15. The van der Waals surface area contributed by atoms with Gasteiger partial charge in [0, 0.05) is 5.75 Å². The quantitative estimate of drug-likeness (QED) is 0.555. The number of hydrogen-bond acceptors (Lipinski definition) is 4. The normalized spacial score (nSPS) is 30.6. The Morgan fingerprint density at radius 1 is 1.90 bits per heavy atom. The van der Waals surface area contributed by atoms with E-state index in [0.29, 0.717) is 5.75 Å². The van der Waals surface area contributed by atoms with Crippen molar-refractivity contribution in [3.05, 3.63) is 11.5 Å². The fraction of sp³-hybridized carbons (Fsp3) is 0.500. The summed E-state index contributed by atoms with van der Waals surface area (Å²) in [6.45, 7) is 0. The minimum atomic E-state index is -1.38. The number of rotatable bonds is 1. The molecule has 1 rings (SSSR count). The predicted octanol–water partition coefficient (Wildman–Crippen LogP) is 0.151. The molecule has 0 bridgehead atoms. The summed E-state index contributed by atoms with van der Waals surface area (Å²) < 4.78 is 4.38. The molecule has 1 unspecified atom stereocenters. The highest BCUT2D eigenvalue weighted by Crippen LogP contribution is 2.25. The summed E-state index contributed by atoms with van der Waals surface area (Å²) in [4.78, 5) is 10.8. The monoisotopic (exact) mass is 160 g/mol. The fourth-order valence-electron chi connectivity index (χ4n) is 0.688. The van der Waals surface area contributed by atoms with Gasteiger partial charge in [0.15, 0.2) is 5.60 Å². The van der Waals surface area contributed by atoms with E-state index in [0.717, 1.165) is 0 Å². The molecule has 3 nitrogen and oxygen atoms in total. The zero-order valence-electron chi connectivity index (χ0n) is 5.53. The van der Waals surface area contributed by atoms with Crippen LogP contribution in [0.4, 0.5) is 0 Å². The third-order valence-electron chi connectivity index (χ3n) is 1.28. The number of carbonyl (C=O) groups is 1. The molecule has 0 spiro atoms. The number of carbonyl (C=O) groups excluding carboxylic acids is 1. The molecule has 1 heterocycles. The van der Waals surface area contributed by atoms with Gasteiger partial charge in [0.2, 0.25) is 0 Å². The Kier molecular flexibility index (Phi) is 2.01. The van der Waals surface area contributed by atoms with Crippen LogP contribution in [0.5, 0.6) is 0 Å². The number of hydrogen-bond donors (Lipinski definition) is 1. The first-order valence-corrected chi connectivity index (χ1v) is 3.84. The molecule has 0 aliphatic carbocycles. The molecule has 0 amide bonds. The summed E-state index contributed by atoms with van der Waals surface area (Å²) in [5.74, 6) is -0.228.